The van der Waals surface area contributed by atoms with E-state index in [1.165, 1.54) is 17.4 Å². The topological polar surface area (TPSA) is 63.4 Å². The quantitative estimate of drug-likeness (QED) is 0.884. The molecule has 0 aliphatic carbocycles. The fourth-order valence-electron chi connectivity index (χ4n) is 1.83. The zero-order valence-corrected chi connectivity index (χ0v) is 12.6. The number of nitrogens with two attached hydrogens (primary N) is 1. The molecule has 106 valence electrons. The molecule has 0 fully saturated rings. The molecule has 2 rings (SSSR count). The summed E-state index contributed by atoms with van der Waals surface area (Å²) < 4.78 is 26.4. The van der Waals surface area contributed by atoms with Gasteiger partial charge >= 0.3 is 0 Å². The van der Waals surface area contributed by atoms with Crippen LogP contribution in [0.4, 0.5) is 11.4 Å². The minimum atomic E-state index is -3.59. The summed E-state index contributed by atoms with van der Waals surface area (Å²) in [6.45, 7) is 3.80. The first-order valence-corrected chi connectivity index (χ1v) is 7.68. The molecule has 0 radical (unpaired) electrons. The molecule has 0 heterocycles. The monoisotopic (exact) mass is 290 g/mol. The minimum Gasteiger partial charge on any atom is -0.398 e. The van der Waals surface area contributed by atoms with E-state index in [1.807, 2.05) is 26.0 Å². The van der Waals surface area contributed by atoms with Crippen molar-refractivity contribution in [3.8, 4) is 0 Å². The Balaban J connectivity index is 2.43. The average Bonchev–Trinajstić information content (AvgIpc) is 2.41. The van der Waals surface area contributed by atoms with E-state index >= 15 is 0 Å². The second-order valence-electron chi connectivity index (χ2n) is 4.83. The smallest absolute Gasteiger partial charge is 0.264 e. The van der Waals surface area contributed by atoms with Gasteiger partial charge in [0.25, 0.3) is 10.0 Å². The van der Waals surface area contributed by atoms with Crippen molar-refractivity contribution in [2.24, 2.45) is 0 Å². The van der Waals surface area contributed by atoms with E-state index in [1.54, 1.807) is 24.3 Å². The zero-order valence-electron chi connectivity index (χ0n) is 11.8. The Kier molecular flexibility index (Phi) is 3.72. The van der Waals surface area contributed by atoms with Crippen LogP contribution in [0.3, 0.4) is 0 Å². The lowest BCUT2D eigenvalue weighted by atomic mass is 10.2. The summed E-state index contributed by atoms with van der Waals surface area (Å²) in [6.07, 6.45) is 0. The Morgan fingerprint density at radius 1 is 1.00 bits per heavy atom. The SMILES string of the molecule is Cc1ccc(N(C)S(=O)(=O)c2ccc(C)c(N)c2)cc1. The van der Waals surface area contributed by atoms with E-state index < -0.39 is 10.0 Å². The van der Waals surface area contributed by atoms with Crippen LogP contribution >= 0.6 is 0 Å². The first-order valence-electron chi connectivity index (χ1n) is 6.24. The summed E-state index contributed by atoms with van der Waals surface area (Å²) in [6, 6.07) is 12.1. The van der Waals surface area contributed by atoms with E-state index in [2.05, 4.69) is 0 Å². The van der Waals surface area contributed by atoms with Crippen LogP contribution in [-0.2, 0) is 10.0 Å². The number of aryl methyl sites for hydroxylation is 2. The molecule has 0 bridgehead atoms. The number of nitrogen functional groups attached to an aromatic ring is 1. The Labute approximate surface area is 119 Å². The molecular formula is C15H18N2O2S. The van der Waals surface area contributed by atoms with Crippen LogP contribution in [-0.4, -0.2) is 15.5 Å². The normalized spacial score (nSPS) is 11.3. The maximum atomic E-state index is 12.6. The van der Waals surface area contributed by atoms with Crippen molar-refractivity contribution in [3.63, 3.8) is 0 Å². The van der Waals surface area contributed by atoms with Crippen molar-refractivity contribution < 1.29 is 8.42 Å². The summed E-state index contributed by atoms with van der Waals surface area (Å²) in [5, 5.41) is 0. The highest BCUT2D eigenvalue weighted by atomic mass is 32.2. The summed E-state index contributed by atoms with van der Waals surface area (Å²) in [5.74, 6) is 0. The largest absolute Gasteiger partial charge is 0.398 e. The van der Waals surface area contributed by atoms with Gasteiger partial charge in [0.15, 0.2) is 0 Å². The van der Waals surface area contributed by atoms with Gasteiger partial charge in [0.05, 0.1) is 10.6 Å². The van der Waals surface area contributed by atoms with Gasteiger partial charge in [-0.25, -0.2) is 8.42 Å². The van der Waals surface area contributed by atoms with Crippen molar-refractivity contribution in [1.82, 2.24) is 0 Å². The second kappa shape index (κ2) is 5.17. The van der Waals surface area contributed by atoms with Crippen LogP contribution in [0.15, 0.2) is 47.4 Å². The van der Waals surface area contributed by atoms with Crippen LogP contribution < -0.4 is 10.0 Å². The fourth-order valence-corrected chi connectivity index (χ4v) is 3.06. The summed E-state index contributed by atoms with van der Waals surface area (Å²) >= 11 is 0. The minimum absolute atomic E-state index is 0.198. The number of hydrogen-bond acceptors (Lipinski definition) is 3. The highest BCUT2D eigenvalue weighted by molar-refractivity contribution is 7.92. The summed E-state index contributed by atoms with van der Waals surface area (Å²) in [7, 11) is -2.05. The lowest BCUT2D eigenvalue weighted by Crippen LogP contribution is -2.26. The third-order valence-corrected chi connectivity index (χ3v) is 5.09. The van der Waals surface area contributed by atoms with Crippen LogP contribution in [0.5, 0.6) is 0 Å². The van der Waals surface area contributed by atoms with Gasteiger partial charge in [-0.05, 0) is 43.7 Å². The van der Waals surface area contributed by atoms with Crippen molar-refractivity contribution in [3.05, 3.63) is 53.6 Å². The molecule has 0 aliphatic heterocycles. The van der Waals surface area contributed by atoms with E-state index in [0.717, 1.165) is 11.1 Å². The molecule has 4 nitrogen and oxygen atoms in total. The predicted octanol–water partition coefficient (Wildman–Crippen LogP) is 2.71. The van der Waals surface area contributed by atoms with Crippen LogP contribution in [0.2, 0.25) is 0 Å². The molecule has 2 aromatic carbocycles. The number of hydrogen-bond donors (Lipinski definition) is 1. The first-order chi connectivity index (χ1) is 9.32. The van der Waals surface area contributed by atoms with Gasteiger partial charge in [-0.15, -0.1) is 0 Å². The molecule has 5 heteroatoms. The van der Waals surface area contributed by atoms with Gasteiger partial charge < -0.3 is 5.73 Å². The number of rotatable bonds is 3. The number of benzene rings is 2. The van der Waals surface area contributed by atoms with Crippen molar-refractivity contribution >= 4 is 21.4 Å². The average molecular weight is 290 g/mol. The summed E-state index contributed by atoms with van der Waals surface area (Å²) in [5.41, 5.74) is 8.83. The van der Waals surface area contributed by atoms with E-state index in [4.69, 9.17) is 5.73 Å². The molecule has 0 atom stereocenters. The van der Waals surface area contributed by atoms with Gasteiger partial charge in [0.1, 0.15) is 0 Å². The van der Waals surface area contributed by atoms with Crippen molar-refractivity contribution in [2.45, 2.75) is 18.7 Å². The second-order valence-corrected chi connectivity index (χ2v) is 6.80. The predicted molar refractivity (Wildman–Crippen MR) is 82.4 cm³/mol. The van der Waals surface area contributed by atoms with E-state index in [9.17, 15) is 8.42 Å². The highest BCUT2D eigenvalue weighted by Crippen LogP contribution is 2.24. The fraction of sp³-hybridized carbons (Fsp3) is 0.200. The molecule has 20 heavy (non-hydrogen) atoms. The molecule has 0 aromatic heterocycles. The molecule has 0 unspecified atom stereocenters. The standard InChI is InChI=1S/C15H18N2O2S/c1-11-4-7-13(8-5-11)17(3)20(18,19)14-9-6-12(2)15(16)10-14/h4-10H,16H2,1-3H3. The third-order valence-electron chi connectivity index (χ3n) is 3.31. The molecular weight excluding hydrogens is 272 g/mol. The lowest BCUT2D eigenvalue weighted by molar-refractivity contribution is 0.594. The number of anilines is 2. The molecule has 0 saturated heterocycles. The van der Waals surface area contributed by atoms with Gasteiger partial charge in [-0.3, -0.25) is 4.31 Å². The molecule has 0 amide bonds. The first kappa shape index (κ1) is 14.4. The van der Waals surface area contributed by atoms with Crippen LogP contribution in [0, 0.1) is 13.8 Å². The Bertz CT molecular complexity index is 722. The lowest BCUT2D eigenvalue weighted by Gasteiger charge is -2.20. The molecule has 2 N–H and O–H groups in total. The van der Waals surface area contributed by atoms with E-state index in [-0.39, 0.29) is 4.90 Å². The van der Waals surface area contributed by atoms with Gasteiger partial charge in [-0.2, -0.15) is 0 Å². The van der Waals surface area contributed by atoms with Crippen LogP contribution in [0.25, 0.3) is 0 Å². The molecule has 0 spiro atoms. The van der Waals surface area contributed by atoms with Crippen LogP contribution in [0.1, 0.15) is 11.1 Å². The van der Waals surface area contributed by atoms with Gasteiger partial charge in [0.2, 0.25) is 0 Å². The maximum Gasteiger partial charge on any atom is 0.264 e. The Morgan fingerprint density at radius 3 is 2.15 bits per heavy atom. The summed E-state index contributed by atoms with van der Waals surface area (Å²) in [4.78, 5) is 0.198. The van der Waals surface area contributed by atoms with Gasteiger partial charge in [0, 0.05) is 12.7 Å². The molecule has 0 saturated carbocycles. The van der Waals surface area contributed by atoms with Gasteiger partial charge in [-0.1, -0.05) is 23.8 Å². The number of nitrogens with zero attached hydrogens (tertiary/aromatic N) is 1. The van der Waals surface area contributed by atoms with Crippen molar-refractivity contribution in [1.29, 1.82) is 0 Å². The zero-order chi connectivity index (χ0) is 14.9. The van der Waals surface area contributed by atoms with Crippen molar-refractivity contribution in [2.75, 3.05) is 17.1 Å². The Hall–Kier alpha value is -2.01. The Morgan fingerprint density at radius 2 is 1.60 bits per heavy atom. The highest BCUT2D eigenvalue weighted by Gasteiger charge is 2.21. The van der Waals surface area contributed by atoms with E-state index in [0.29, 0.717) is 11.4 Å². The molecule has 2 aromatic rings. The molecule has 0 aliphatic rings. The number of sulfonamides is 1. The third kappa shape index (κ3) is 2.63. The maximum absolute atomic E-state index is 12.6.